The minimum Gasteiger partial charge on any atom is -0.444 e. The molecule has 0 radical (unpaired) electrons. The van der Waals surface area contributed by atoms with Gasteiger partial charge in [0.1, 0.15) is 23.0 Å². The number of ether oxygens (including phenoxy) is 1. The zero-order valence-electron chi connectivity index (χ0n) is 17.4. The summed E-state index contributed by atoms with van der Waals surface area (Å²) in [6.07, 6.45) is 0.824. The number of benzene rings is 1. The number of nitriles is 1. The van der Waals surface area contributed by atoms with Gasteiger partial charge in [-0.05, 0) is 64.7 Å². The second-order valence-corrected chi connectivity index (χ2v) is 8.59. The Kier molecular flexibility index (Phi) is 5.94. The lowest BCUT2D eigenvalue weighted by molar-refractivity contribution is -0.137. The number of alkyl carbamates (subject to hydrolysis) is 1. The maximum absolute atomic E-state index is 12.8. The summed E-state index contributed by atoms with van der Waals surface area (Å²) in [5.41, 5.74) is -0.944. The first-order chi connectivity index (χ1) is 14.1. The Labute approximate surface area is 175 Å². The number of carbonyl (C=O) groups excluding carboxylic acids is 2. The molecule has 3 N–H and O–H groups in total. The highest BCUT2D eigenvalue weighted by Crippen LogP contribution is 2.31. The van der Waals surface area contributed by atoms with Gasteiger partial charge in [-0.15, -0.1) is 0 Å². The van der Waals surface area contributed by atoms with Crippen LogP contribution in [0, 0.1) is 11.3 Å². The quantitative estimate of drug-likeness (QED) is 0.713. The van der Waals surface area contributed by atoms with Gasteiger partial charge < -0.3 is 20.5 Å². The molecule has 1 aromatic carbocycles. The number of amides is 2. The monoisotopic (exact) mass is 410 g/mol. The molecule has 0 aliphatic heterocycles. The van der Waals surface area contributed by atoms with E-state index in [4.69, 9.17) is 10.00 Å². The van der Waals surface area contributed by atoms with E-state index in [1.165, 1.54) is 0 Å². The molecule has 0 unspecified atom stereocenters. The maximum atomic E-state index is 12.8. The highest BCUT2D eigenvalue weighted by molar-refractivity contribution is 6.03. The first kappa shape index (κ1) is 21.5. The highest BCUT2D eigenvalue weighted by atomic mass is 16.6. The van der Waals surface area contributed by atoms with Crippen LogP contribution in [0.4, 0.5) is 10.5 Å². The fraction of sp³-hybridized carbons (Fsp3) is 0.455. The number of carbonyl (C=O) groups is 2. The number of anilines is 1. The maximum Gasteiger partial charge on any atom is 0.407 e. The molecule has 1 heterocycles. The Morgan fingerprint density at radius 1 is 1.23 bits per heavy atom. The molecule has 3 rings (SSSR count). The summed E-state index contributed by atoms with van der Waals surface area (Å²) in [6, 6.07) is 10.5. The van der Waals surface area contributed by atoms with Crippen molar-refractivity contribution in [1.82, 2.24) is 10.3 Å². The minimum atomic E-state index is -1.54. The SMILES string of the molecule is CC(C)(C)OC(=O)NC1CCC(O)(C(=O)Nc2cccc3ccc(C#N)nc23)CC1. The number of aliphatic hydroxyl groups is 1. The second kappa shape index (κ2) is 8.28. The lowest BCUT2D eigenvalue weighted by atomic mass is 9.81. The van der Waals surface area contributed by atoms with Gasteiger partial charge in [-0.2, -0.15) is 5.26 Å². The van der Waals surface area contributed by atoms with Crippen LogP contribution in [0.2, 0.25) is 0 Å². The van der Waals surface area contributed by atoms with Crippen molar-refractivity contribution in [3.05, 3.63) is 36.0 Å². The van der Waals surface area contributed by atoms with Crippen molar-refractivity contribution in [2.75, 3.05) is 5.32 Å². The third kappa shape index (κ3) is 5.05. The molecule has 158 valence electrons. The largest absolute Gasteiger partial charge is 0.444 e. The molecule has 1 aliphatic carbocycles. The third-order valence-corrected chi connectivity index (χ3v) is 5.04. The number of hydrogen-bond donors (Lipinski definition) is 3. The molecule has 0 atom stereocenters. The van der Waals surface area contributed by atoms with E-state index in [0.29, 0.717) is 24.0 Å². The number of aromatic nitrogens is 1. The zero-order chi connectivity index (χ0) is 21.9. The molecule has 0 spiro atoms. The van der Waals surface area contributed by atoms with Crippen molar-refractivity contribution in [3.63, 3.8) is 0 Å². The van der Waals surface area contributed by atoms with Crippen LogP contribution in [0.1, 0.15) is 52.1 Å². The van der Waals surface area contributed by atoms with Gasteiger partial charge in [0.15, 0.2) is 0 Å². The van der Waals surface area contributed by atoms with E-state index in [2.05, 4.69) is 15.6 Å². The van der Waals surface area contributed by atoms with E-state index in [1.807, 2.05) is 12.1 Å². The Morgan fingerprint density at radius 3 is 2.57 bits per heavy atom. The number of rotatable bonds is 3. The first-order valence-corrected chi connectivity index (χ1v) is 9.93. The van der Waals surface area contributed by atoms with Crippen LogP contribution >= 0.6 is 0 Å². The van der Waals surface area contributed by atoms with E-state index in [1.54, 1.807) is 45.0 Å². The van der Waals surface area contributed by atoms with Crippen LogP contribution in [0.15, 0.2) is 30.3 Å². The van der Waals surface area contributed by atoms with Crippen molar-refractivity contribution in [2.24, 2.45) is 0 Å². The van der Waals surface area contributed by atoms with Crippen LogP contribution in [0.3, 0.4) is 0 Å². The number of nitrogens with one attached hydrogen (secondary N) is 2. The summed E-state index contributed by atoms with van der Waals surface area (Å²) in [6.45, 7) is 5.37. The number of hydrogen-bond acceptors (Lipinski definition) is 6. The average molecular weight is 410 g/mol. The smallest absolute Gasteiger partial charge is 0.407 e. The van der Waals surface area contributed by atoms with E-state index in [9.17, 15) is 14.7 Å². The highest BCUT2D eigenvalue weighted by Gasteiger charge is 2.40. The molecule has 1 saturated carbocycles. The van der Waals surface area contributed by atoms with Gasteiger partial charge in [0.25, 0.3) is 5.91 Å². The van der Waals surface area contributed by atoms with Crippen molar-refractivity contribution >= 4 is 28.6 Å². The van der Waals surface area contributed by atoms with Crippen LogP contribution < -0.4 is 10.6 Å². The molecule has 1 aliphatic rings. The predicted molar refractivity (Wildman–Crippen MR) is 112 cm³/mol. The minimum absolute atomic E-state index is 0.162. The van der Waals surface area contributed by atoms with Crippen LogP contribution in [-0.4, -0.2) is 39.3 Å². The van der Waals surface area contributed by atoms with E-state index >= 15 is 0 Å². The van der Waals surface area contributed by atoms with Crippen molar-refractivity contribution in [1.29, 1.82) is 5.26 Å². The summed E-state index contributed by atoms with van der Waals surface area (Å²) < 4.78 is 5.26. The van der Waals surface area contributed by atoms with Gasteiger partial charge in [-0.3, -0.25) is 4.79 Å². The van der Waals surface area contributed by atoms with Crippen LogP contribution in [0.5, 0.6) is 0 Å². The standard InChI is InChI=1S/C22H26N4O4/c1-21(2,3)30-20(28)25-15-9-11-22(29,12-10-15)19(27)26-17-6-4-5-14-7-8-16(13-23)24-18(14)17/h4-8,15,29H,9-12H2,1-3H3,(H,25,28)(H,26,27). The van der Waals surface area contributed by atoms with Gasteiger partial charge >= 0.3 is 6.09 Å². The van der Waals surface area contributed by atoms with Crippen molar-refractivity contribution < 1.29 is 19.4 Å². The molecule has 0 bridgehead atoms. The summed E-state index contributed by atoms with van der Waals surface area (Å²) in [4.78, 5) is 29.0. The van der Waals surface area contributed by atoms with Gasteiger partial charge in [0, 0.05) is 11.4 Å². The van der Waals surface area contributed by atoms with Crippen LogP contribution in [0.25, 0.3) is 10.9 Å². The molecule has 1 aromatic heterocycles. The summed E-state index contributed by atoms with van der Waals surface area (Å²) >= 11 is 0. The number of para-hydroxylation sites is 1. The predicted octanol–water partition coefficient (Wildman–Crippen LogP) is 3.24. The van der Waals surface area contributed by atoms with Gasteiger partial charge in [-0.1, -0.05) is 12.1 Å². The molecule has 30 heavy (non-hydrogen) atoms. The van der Waals surface area contributed by atoms with E-state index in [0.717, 1.165) is 5.39 Å². The molecule has 8 heteroatoms. The fourth-order valence-corrected chi connectivity index (χ4v) is 3.49. The molecule has 2 amide bonds. The third-order valence-electron chi connectivity index (χ3n) is 5.04. The first-order valence-electron chi connectivity index (χ1n) is 9.93. The number of fused-ring (bicyclic) bond motifs is 1. The molecular weight excluding hydrogens is 384 g/mol. The Morgan fingerprint density at radius 2 is 1.93 bits per heavy atom. The topological polar surface area (TPSA) is 124 Å². The van der Waals surface area contributed by atoms with Crippen molar-refractivity contribution in [2.45, 2.75) is 63.7 Å². The Bertz CT molecular complexity index is 998. The molecular formula is C22H26N4O4. The lowest BCUT2D eigenvalue weighted by Crippen LogP contribution is -2.50. The fourth-order valence-electron chi connectivity index (χ4n) is 3.49. The lowest BCUT2D eigenvalue weighted by Gasteiger charge is -2.35. The van der Waals surface area contributed by atoms with E-state index in [-0.39, 0.29) is 24.6 Å². The Hall–Kier alpha value is -3.18. The van der Waals surface area contributed by atoms with Crippen molar-refractivity contribution in [3.8, 4) is 6.07 Å². The molecule has 0 saturated heterocycles. The normalized spacial score (nSPS) is 21.5. The van der Waals surface area contributed by atoms with Gasteiger partial charge in [0.2, 0.25) is 0 Å². The summed E-state index contributed by atoms with van der Waals surface area (Å²) in [5, 5.41) is 26.3. The number of pyridine rings is 1. The van der Waals surface area contributed by atoms with Gasteiger partial charge in [0.05, 0.1) is 11.2 Å². The molecule has 1 fully saturated rings. The Balaban J connectivity index is 1.65. The van der Waals surface area contributed by atoms with Gasteiger partial charge in [-0.25, -0.2) is 9.78 Å². The van der Waals surface area contributed by atoms with Crippen LogP contribution in [-0.2, 0) is 9.53 Å². The molecule has 8 nitrogen and oxygen atoms in total. The summed E-state index contributed by atoms with van der Waals surface area (Å²) in [7, 11) is 0. The number of nitrogens with zero attached hydrogens (tertiary/aromatic N) is 2. The summed E-state index contributed by atoms with van der Waals surface area (Å²) in [5.74, 6) is -0.519. The molecule has 2 aromatic rings. The van der Waals surface area contributed by atoms with E-state index < -0.39 is 23.2 Å². The second-order valence-electron chi connectivity index (χ2n) is 8.59. The average Bonchev–Trinajstić information content (AvgIpc) is 2.68. The zero-order valence-corrected chi connectivity index (χ0v) is 17.4.